The SMILES string of the molecule is O=S(=O)(NN=Cc1ccccc1)c1cc(Cl)ccc1Cl. The molecule has 0 fully saturated rings. The topological polar surface area (TPSA) is 58.5 Å². The monoisotopic (exact) mass is 328 g/mol. The molecule has 2 rings (SSSR count). The lowest BCUT2D eigenvalue weighted by Crippen LogP contribution is -2.18. The molecule has 0 radical (unpaired) electrons. The molecule has 104 valence electrons. The van der Waals surface area contributed by atoms with Crippen LogP contribution in [0, 0.1) is 0 Å². The standard InChI is InChI=1S/C13H10Cl2N2O2S/c14-11-6-7-12(15)13(8-11)20(18,19)17-16-9-10-4-2-1-3-5-10/h1-9,17H. The summed E-state index contributed by atoms with van der Waals surface area (Å²) in [6, 6.07) is 13.3. The van der Waals surface area contributed by atoms with Crippen LogP contribution in [0.3, 0.4) is 0 Å². The van der Waals surface area contributed by atoms with E-state index in [9.17, 15) is 8.42 Å². The van der Waals surface area contributed by atoms with Gasteiger partial charge >= 0.3 is 0 Å². The Morgan fingerprint density at radius 1 is 1.05 bits per heavy atom. The molecule has 2 aromatic rings. The Bertz CT molecular complexity index is 731. The van der Waals surface area contributed by atoms with Crippen molar-refractivity contribution in [2.24, 2.45) is 5.10 Å². The predicted octanol–water partition coefficient (Wildman–Crippen LogP) is 3.31. The van der Waals surface area contributed by atoms with E-state index in [2.05, 4.69) is 9.93 Å². The second-order valence-electron chi connectivity index (χ2n) is 3.84. The molecule has 0 bridgehead atoms. The Morgan fingerprint density at radius 2 is 1.75 bits per heavy atom. The third-order valence-corrected chi connectivity index (χ3v) is 4.31. The summed E-state index contributed by atoms with van der Waals surface area (Å²) in [5.41, 5.74) is 0.771. The van der Waals surface area contributed by atoms with Crippen LogP contribution in [0.2, 0.25) is 10.0 Å². The van der Waals surface area contributed by atoms with E-state index in [1.165, 1.54) is 24.4 Å². The molecular weight excluding hydrogens is 319 g/mol. The molecule has 0 saturated heterocycles. The van der Waals surface area contributed by atoms with Crippen LogP contribution in [0.4, 0.5) is 0 Å². The summed E-state index contributed by atoms with van der Waals surface area (Å²) in [4.78, 5) is 1.98. The quantitative estimate of drug-likeness (QED) is 0.691. The Morgan fingerprint density at radius 3 is 2.45 bits per heavy atom. The molecule has 0 spiro atoms. The molecule has 0 aliphatic carbocycles. The van der Waals surface area contributed by atoms with E-state index in [1.54, 1.807) is 12.1 Å². The van der Waals surface area contributed by atoms with Crippen molar-refractivity contribution in [2.75, 3.05) is 0 Å². The molecule has 0 aliphatic rings. The van der Waals surface area contributed by atoms with E-state index >= 15 is 0 Å². The van der Waals surface area contributed by atoms with Gasteiger partial charge in [0, 0.05) is 5.02 Å². The number of halogens is 2. The van der Waals surface area contributed by atoms with Crippen molar-refractivity contribution < 1.29 is 8.42 Å². The first kappa shape index (κ1) is 14.8. The normalized spacial score (nSPS) is 11.7. The smallest absolute Gasteiger partial charge is 0.200 e. The first-order valence-corrected chi connectivity index (χ1v) is 7.78. The number of hydrogen-bond donors (Lipinski definition) is 1. The Balaban J connectivity index is 2.20. The van der Waals surface area contributed by atoms with Crippen LogP contribution in [0.1, 0.15) is 5.56 Å². The fourth-order valence-corrected chi connectivity index (χ4v) is 3.00. The van der Waals surface area contributed by atoms with Crippen molar-refractivity contribution in [3.8, 4) is 0 Å². The maximum Gasteiger partial charge on any atom is 0.278 e. The van der Waals surface area contributed by atoms with Crippen molar-refractivity contribution in [3.63, 3.8) is 0 Å². The lowest BCUT2D eigenvalue weighted by Gasteiger charge is -2.05. The minimum atomic E-state index is -3.85. The first-order chi connectivity index (χ1) is 9.49. The minimum Gasteiger partial charge on any atom is -0.200 e. The highest BCUT2D eigenvalue weighted by molar-refractivity contribution is 7.89. The molecule has 0 saturated carbocycles. The van der Waals surface area contributed by atoms with Gasteiger partial charge in [-0.05, 0) is 23.8 Å². The number of nitrogens with zero attached hydrogens (tertiary/aromatic N) is 1. The van der Waals surface area contributed by atoms with Crippen LogP contribution in [0.5, 0.6) is 0 Å². The average Bonchev–Trinajstić information content (AvgIpc) is 2.42. The van der Waals surface area contributed by atoms with Crippen molar-refractivity contribution in [2.45, 2.75) is 4.90 Å². The molecule has 2 aromatic carbocycles. The molecule has 20 heavy (non-hydrogen) atoms. The van der Waals surface area contributed by atoms with Crippen LogP contribution in [-0.2, 0) is 10.0 Å². The molecular formula is C13H10Cl2N2O2S. The number of benzene rings is 2. The second kappa shape index (κ2) is 6.26. The highest BCUT2D eigenvalue weighted by atomic mass is 35.5. The van der Waals surface area contributed by atoms with E-state index in [1.807, 2.05) is 18.2 Å². The number of nitrogens with one attached hydrogen (secondary N) is 1. The van der Waals surface area contributed by atoms with Crippen molar-refractivity contribution in [1.82, 2.24) is 4.83 Å². The summed E-state index contributed by atoms with van der Waals surface area (Å²) in [7, 11) is -3.85. The Kier molecular flexibility index (Phi) is 4.65. The zero-order valence-electron chi connectivity index (χ0n) is 10.1. The van der Waals surface area contributed by atoms with Gasteiger partial charge in [-0.2, -0.15) is 13.5 Å². The van der Waals surface area contributed by atoms with Crippen LogP contribution < -0.4 is 4.83 Å². The average molecular weight is 329 g/mol. The highest BCUT2D eigenvalue weighted by Gasteiger charge is 2.17. The molecule has 4 nitrogen and oxygen atoms in total. The van der Waals surface area contributed by atoms with Gasteiger partial charge in [0.1, 0.15) is 4.90 Å². The highest BCUT2D eigenvalue weighted by Crippen LogP contribution is 2.24. The lowest BCUT2D eigenvalue weighted by molar-refractivity contribution is 0.585. The maximum absolute atomic E-state index is 12.0. The maximum atomic E-state index is 12.0. The minimum absolute atomic E-state index is 0.0804. The van der Waals surface area contributed by atoms with E-state index in [4.69, 9.17) is 23.2 Å². The second-order valence-corrected chi connectivity index (χ2v) is 6.31. The number of sulfonamides is 1. The molecule has 0 aromatic heterocycles. The van der Waals surface area contributed by atoms with Gasteiger partial charge in [0.15, 0.2) is 0 Å². The van der Waals surface area contributed by atoms with Crippen LogP contribution in [-0.4, -0.2) is 14.6 Å². The lowest BCUT2D eigenvalue weighted by atomic mass is 10.2. The van der Waals surface area contributed by atoms with Crippen molar-refractivity contribution in [3.05, 3.63) is 64.1 Å². The molecule has 7 heteroatoms. The summed E-state index contributed by atoms with van der Waals surface area (Å²) in [5, 5.41) is 4.06. The van der Waals surface area contributed by atoms with Crippen LogP contribution in [0.15, 0.2) is 58.5 Å². The van der Waals surface area contributed by atoms with E-state index in [0.717, 1.165) is 5.56 Å². The van der Waals surface area contributed by atoms with Gasteiger partial charge < -0.3 is 0 Å². The summed E-state index contributed by atoms with van der Waals surface area (Å²) < 4.78 is 24.1. The van der Waals surface area contributed by atoms with Gasteiger partial charge in [0.05, 0.1) is 11.2 Å². The van der Waals surface area contributed by atoms with Gasteiger partial charge in [-0.1, -0.05) is 53.5 Å². The van der Waals surface area contributed by atoms with E-state index in [-0.39, 0.29) is 14.9 Å². The Labute approximate surface area is 127 Å². The zero-order valence-corrected chi connectivity index (χ0v) is 12.5. The van der Waals surface area contributed by atoms with Crippen LogP contribution in [0.25, 0.3) is 0 Å². The third kappa shape index (κ3) is 3.72. The van der Waals surface area contributed by atoms with Crippen molar-refractivity contribution >= 4 is 39.4 Å². The van der Waals surface area contributed by atoms with Gasteiger partial charge in [0.2, 0.25) is 0 Å². The first-order valence-electron chi connectivity index (χ1n) is 5.54. The number of hydrazone groups is 1. The molecule has 0 unspecified atom stereocenters. The summed E-state index contributed by atoms with van der Waals surface area (Å²) in [6.07, 6.45) is 1.40. The van der Waals surface area contributed by atoms with Gasteiger partial charge in [-0.15, -0.1) is 0 Å². The zero-order chi connectivity index (χ0) is 14.6. The molecule has 1 N–H and O–H groups in total. The largest absolute Gasteiger partial charge is 0.278 e. The molecule has 0 heterocycles. The Hall–Kier alpha value is -1.56. The molecule has 0 atom stereocenters. The molecule has 0 amide bonds. The predicted molar refractivity (Wildman–Crippen MR) is 80.8 cm³/mol. The van der Waals surface area contributed by atoms with Crippen molar-refractivity contribution in [1.29, 1.82) is 0 Å². The van der Waals surface area contributed by atoms with E-state index in [0.29, 0.717) is 0 Å². The molecule has 0 aliphatic heterocycles. The van der Waals surface area contributed by atoms with Gasteiger partial charge in [0.25, 0.3) is 10.0 Å². The fraction of sp³-hybridized carbons (Fsp3) is 0. The summed E-state index contributed by atoms with van der Waals surface area (Å²) in [5.74, 6) is 0. The fourth-order valence-electron chi connectivity index (χ4n) is 1.44. The summed E-state index contributed by atoms with van der Waals surface area (Å²) >= 11 is 11.6. The van der Waals surface area contributed by atoms with E-state index < -0.39 is 10.0 Å². The van der Waals surface area contributed by atoms with Gasteiger partial charge in [-0.3, -0.25) is 0 Å². The van der Waals surface area contributed by atoms with Gasteiger partial charge in [-0.25, -0.2) is 4.83 Å². The third-order valence-electron chi connectivity index (χ3n) is 2.37. The van der Waals surface area contributed by atoms with Crippen LogP contribution >= 0.6 is 23.2 Å². The summed E-state index contributed by atoms with van der Waals surface area (Å²) in [6.45, 7) is 0. The number of rotatable bonds is 4. The number of hydrogen-bond acceptors (Lipinski definition) is 3.